The number of halogens is 1. The lowest BCUT2D eigenvalue weighted by Gasteiger charge is -2.38. The number of hydrogen-bond acceptors (Lipinski definition) is 5. The lowest BCUT2D eigenvalue weighted by molar-refractivity contribution is -0.113. The van der Waals surface area contributed by atoms with Gasteiger partial charge in [-0.1, -0.05) is 30.3 Å². The Labute approximate surface area is 215 Å². The van der Waals surface area contributed by atoms with Gasteiger partial charge in [0.1, 0.15) is 5.82 Å². The first-order valence-electron chi connectivity index (χ1n) is 12.4. The number of amides is 1. The molecule has 0 atom stereocenters. The zero-order valence-corrected chi connectivity index (χ0v) is 21.3. The minimum Gasteiger partial charge on any atom is -0.336 e. The number of carbonyl (C=O) groups excluding carboxylic acids is 2. The molecule has 0 N–H and O–H groups in total. The van der Waals surface area contributed by atoms with Crippen LogP contribution in [0.25, 0.3) is 11.1 Å². The summed E-state index contributed by atoms with van der Waals surface area (Å²) in [6.45, 7) is 9.07. The van der Waals surface area contributed by atoms with Crippen LogP contribution in [0, 0.1) is 12.7 Å². The number of anilines is 2. The molecule has 0 aliphatic carbocycles. The van der Waals surface area contributed by atoms with Crippen molar-refractivity contribution < 1.29 is 14.0 Å². The maximum atomic E-state index is 14.6. The normalized spacial score (nSPS) is 18.6. The number of allylic oxidation sites excluding steroid dienone is 2. The van der Waals surface area contributed by atoms with Gasteiger partial charge in [-0.15, -0.1) is 0 Å². The largest absolute Gasteiger partial charge is 0.336 e. The molecule has 0 bridgehead atoms. The summed E-state index contributed by atoms with van der Waals surface area (Å²) in [5.74, 6) is -0.561. The summed E-state index contributed by atoms with van der Waals surface area (Å²) in [6.07, 6.45) is 5.70. The van der Waals surface area contributed by atoms with Crippen molar-refractivity contribution in [1.29, 1.82) is 0 Å². The van der Waals surface area contributed by atoms with Crippen molar-refractivity contribution in [1.82, 2.24) is 9.97 Å². The molecule has 1 aromatic heterocycles. The van der Waals surface area contributed by atoms with Crippen molar-refractivity contribution in [2.75, 3.05) is 16.3 Å². The van der Waals surface area contributed by atoms with Crippen molar-refractivity contribution in [3.63, 3.8) is 0 Å². The van der Waals surface area contributed by atoms with Crippen LogP contribution in [-0.2, 0) is 17.8 Å². The summed E-state index contributed by atoms with van der Waals surface area (Å²) in [4.78, 5) is 39.8. The zero-order valence-electron chi connectivity index (χ0n) is 21.3. The standard InChI is InChI=1S/C30H27FN4O2/c1-17-14-30(3,4)35-27-22(17)11-21(31)12-23(27)24(28(35)37)13-26(36)25-15-32-29(33-18(25)2)34-10-9-19-7-5-6-8-20(19)16-34/h5-8,11-15H,9-10,16H2,1-4H3/b24-13+. The van der Waals surface area contributed by atoms with Crippen LogP contribution >= 0.6 is 0 Å². The van der Waals surface area contributed by atoms with Crippen LogP contribution in [0.1, 0.15) is 59.1 Å². The van der Waals surface area contributed by atoms with Crippen LogP contribution in [0.4, 0.5) is 16.0 Å². The Morgan fingerprint density at radius 3 is 2.59 bits per heavy atom. The number of hydrogen-bond donors (Lipinski definition) is 0. The van der Waals surface area contributed by atoms with E-state index in [1.807, 2.05) is 32.9 Å². The summed E-state index contributed by atoms with van der Waals surface area (Å²) < 4.78 is 14.6. The average Bonchev–Trinajstić information content (AvgIpc) is 3.14. The quantitative estimate of drug-likeness (QED) is 0.365. The van der Waals surface area contributed by atoms with Crippen molar-refractivity contribution >= 4 is 34.5 Å². The molecule has 0 unspecified atom stereocenters. The van der Waals surface area contributed by atoms with E-state index in [-0.39, 0.29) is 17.3 Å². The first kappa shape index (κ1) is 23.3. The summed E-state index contributed by atoms with van der Waals surface area (Å²) in [6, 6.07) is 11.1. The van der Waals surface area contributed by atoms with Crippen molar-refractivity contribution in [2.24, 2.45) is 0 Å². The Kier molecular flexibility index (Phi) is 5.16. The van der Waals surface area contributed by atoms with Gasteiger partial charge in [-0.25, -0.2) is 14.4 Å². The second-order valence-electron chi connectivity index (χ2n) is 10.5. The Balaban J connectivity index is 1.34. The van der Waals surface area contributed by atoms with Gasteiger partial charge in [0.15, 0.2) is 5.78 Å². The highest BCUT2D eigenvalue weighted by atomic mass is 19.1. The molecule has 0 spiro atoms. The van der Waals surface area contributed by atoms with Gasteiger partial charge in [0, 0.05) is 30.4 Å². The molecule has 7 heteroatoms. The van der Waals surface area contributed by atoms with E-state index in [2.05, 4.69) is 33.1 Å². The van der Waals surface area contributed by atoms with Crippen molar-refractivity contribution in [2.45, 2.75) is 46.2 Å². The number of carbonyl (C=O) groups is 2. The van der Waals surface area contributed by atoms with Crippen LogP contribution in [0.5, 0.6) is 0 Å². The Morgan fingerprint density at radius 1 is 1.11 bits per heavy atom. The SMILES string of the molecule is CC1=CC(C)(C)N2C(=O)/C(=C/C(=O)c3cnc(N4CCc5ccccc5C4)nc3C)c3cc(F)cc1c32. The van der Waals surface area contributed by atoms with Crippen LogP contribution in [0.3, 0.4) is 0 Å². The second kappa shape index (κ2) is 8.20. The van der Waals surface area contributed by atoms with Gasteiger partial charge in [0.05, 0.1) is 28.1 Å². The minimum atomic E-state index is -0.604. The predicted molar refractivity (Wildman–Crippen MR) is 142 cm³/mol. The van der Waals surface area contributed by atoms with E-state index >= 15 is 0 Å². The molecule has 1 amide bonds. The molecule has 3 aliphatic rings. The molecule has 0 saturated heterocycles. The zero-order chi connectivity index (χ0) is 26.1. The van der Waals surface area contributed by atoms with Gasteiger partial charge < -0.3 is 4.90 Å². The lowest BCUT2D eigenvalue weighted by atomic mass is 9.89. The molecular formula is C30H27FN4O2. The summed E-state index contributed by atoms with van der Waals surface area (Å²) in [7, 11) is 0. The fraction of sp³-hybridized carbons (Fsp3) is 0.267. The van der Waals surface area contributed by atoms with E-state index in [1.165, 1.54) is 35.5 Å². The van der Waals surface area contributed by atoms with Gasteiger partial charge in [0.2, 0.25) is 5.95 Å². The lowest BCUT2D eigenvalue weighted by Crippen LogP contribution is -2.46. The predicted octanol–water partition coefficient (Wildman–Crippen LogP) is 5.30. The molecule has 4 heterocycles. The molecule has 3 aromatic rings. The van der Waals surface area contributed by atoms with Gasteiger partial charge in [-0.05, 0) is 69.0 Å². The number of benzene rings is 2. The van der Waals surface area contributed by atoms with Crippen LogP contribution in [0.15, 0.2) is 54.7 Å². The monoisotopic (exact) mass is 494 g/mol. The Bertz CT molecular complexity index is 1570. The van der Waals surface area contributed by atoms with Crippen molar-refractivity contribution in [3.05, 3.63) is 94.1 Å². The van der Waals surface area contributed by atoms with Crippen LogP contribution < -0.4 is 9.80 Å². The maximum Gasteiger partial charge on any atom is 0.259 e. The topological polar surface area (TPSA) is 66.4 Å². The summed E-state index contributed by atoms with van der Waals surface area (Å²) in [5.41, 5.74) is 5.70. The fourth-order valence-electron chi connectivity index (χ4n) is 5.77. The summed E-state index contributed by atoms with van der Waals surface area (Å²) >= 11 is 0. The maximum absolute atomic E-state index is 14.6. The highest BCUT2D eigenvalue weighted by Gasteiger charge is 2.45. The molecule has 6 nitrogen and oxygen atoms in total. The Morgan fingerprint density at radius 2 is 1.84 bits per heavy atom. The molecule has 6 rings (SSSR count). The third kappa shape index (κ3) is 3.68. The molecular weight excluding hydrogens is 467 g/mol. The third-order valence-corrected chi connectivity index (χ3v) is 7.51. The van der Waals surface area contributed by atoms with E-state index < -0.39 is 11.4 Å². The number of ketones is 1. The van der Waals surface area contributed by atoms with E-state index in [1.54, 1.807) is 11.8 Å². The smallest absolute Gasteiger partial charge is 0.259 e. The molecule has 0 radical (unpaired) electrons. The molecule has 3 aliphatic heterocycles. The number of nitrogens with zero attached hydrogens (tertiary/aromatic N) is 4. The van der Waals surface area contributed by atoms with Gasteiger partial charge in [0.25, 0.3) is 5.91 Å². The highest BCUT2D eigenvalue weighted by molar-refractivity contribution is 6.37. The average molecular weight is 495 g/mol. The molecule has 0 saturated carbocycles. The van der Waals surface area contributed by atoms with Crippen LogP contribution in [0.2, 0.25) is 0 Å². The number of fused-ring (bicyclic) bond motifs is 1. The molecule has 186 valence electrons. The second-order valence-corrected chi connectivity index (χ2v) is 10.5. The fourth-order valence-corrected chi connectivity index (χ4v) is 5.77. The first-order valence-corrected chi connectivity index (χ1v) is 12.4. The van der Waals surface area contributed by atoms with Crippen molar-refractivity contribution in [3.8, 4) is 0 Å². The highest BCUT2D eigenvalue weighted by Crippen LogP contribution is 2.49. The Hall–Kier alpha value is -4.13. The number of aromatic nitrogens is 2. The van der Waals surface area contributed by atoms with Gasteiger partial charge in [-0.2, -0.15) is 0 Å². The third-order valence-electron chi connectivity index (χ3n) is 7.51. The van der Waals surface area contributed by atoms with Crippen LogP contribution in [-0.4, -0.2) is 33.7 Å². The number of aryl methyl sites for hydroxylation is 1. The van der Waals surface area contributed by atoms with E-state index in [9.17, 15) is 14.0 Å². The van der Waals surface area contributed by atoms with Gasteiger partial charge in [-0.3, -0.25) is 14.5 Å². The van der Waals surface area contributed by atoms with E-state index in [0.29, 0.717) is 40.6 Å². The molecule has 37 heavy (non-hydrogen) atoms. The van der Waals surface area contributed by atoms with E-state index in [0.717, 1.165) is 18.5 Å². The van der Waals surface area contributed by atoms with E-state index in [4.69, 9.17) is 0 Å². The number of rotatable bonds is 3. The first-order chi connectivity index (χ1) is 17.6. The molecule has 0 fully saturated rings. The minimum absolute atomic E-state index is 0.188. The van der Waals surface area contributed by atoms with Gasteiger partial charge >= 0.3 is 0 Å². The summed E-state index contributed by atoms with van der Waals surface area (Å²) in [5, 5.41) is 0. The molecule has 2 aromatic carbocycles.